The van der Waals surface area contributed by atoms with Gasteiger partial charge in [-0.1, -0.05) is 6.07 Å². The summed E-state index contributed by atoms with van der Waals surface area (Å²) in [5.74, 6) is -6.82. The minimum absolute atomic E-state index is 0.0865. The van der Waals surface area contributed by atoms with Crippen molar-refractivity contribution in [3.63, 3.8) is 0 Å². The molecule has 1 aliphatic heterocycles. The Labute approximate surface area is 199 Å². The summed E-state index contributed by atoms with van der Waals surface area (Å²) in [4.78, 5) is 50.5. The smallest absolute Gasteiger partial charge is 0.303 e. The Hall–Kier alpha value is -3.60. The predicted octanol–water partition coefficient (Wildman–Crippen LogP) is 3.38. The normalized spacial score (nSPS) is 14.1. The second kappa shape index (κ2) is 12.7. The number of nitrogens with zero attached hydrogens (tertiary/aromatic N) is 2. The van der Waals surface area contributed by atoms with Crippen LogP contribution >= 0.6 is 0 Å². The molecule has 2 aromatic rings. The standard InChI is InChI=1S/C20H19F3N2O2.C4H6O4/c1-25-7-5-12(6-8-25)20(27)17-4-2-3-14(24-17)11-18(26)19-15(22)9-13(21)10-16(19)23;5-3(6)1-2-4(7)8/h2-4,9-10,12H,5-8,11H2,1H3;1-2H2,(H,5,6)(H,7,8). The summed E-state index contributed by atoms with van der Waals surface area (Å²) in [5.41, 5.74) is -0.318. The maximum absolute atomic E-state index is 13.8. The van der Waals surface area contributed by atoms with Gasteiger partial charge in [0.1, 0.15) is 23.1 Å². The maximum Gasteiger partial charge on any atom is 0.303 e. The number of Topliss-reactive ketones (excluding diaryl/α,β-unsaturated/α-hetero) is 2. The molecule has 11 heteroatoms. The number of carboxylic acid groups (broad SMARTS) is 2. The number of hydrogen-bond acceptors (Lipinski definition) is 6. The molecule has 1 aliphatic rings. The van der Waals surface area contributed by atoms with Crippen molar-refractivity contribution in [2.24, 2.45) is 5.92 Å². The number of piperidine rings is 1. The van der Waals surface area contributed by atoms with Gasteiger partial charge in [-0.25, -0.2) is 18.2 Å². The minimum atomic E-state index is -1.25. The van der Waals surface area contributed by atoms with Crippen LogP contribution in [0.25, 0.3) is 0 Å². The van der Waals surface area contributed by atoms with E-state index in [1.807, 2.05) is 7.05 Å². The number of aromatic nitrogens is 1. The van der Waals surface area contributed by atoms with Gasteiger partial charge >= 0.3 is 11.9 Å². The summed E-state index contributed by atoms with van der Waals surface area (Å²) < 4.78 is 40.5. The molecule has 3 rings (SSSR count). The van der Waals surface area contributed by atoms with Crippen molar-refractivity contribution in [3.8, 4) is 0 Å². The Balaban J connectivity index is 0.000000466. The monoisotopic (exact) mass is 494 g/mol. The summed E-state index contributed by atoms with van der Waals surface area (Å²) in [6.45, 7) is 1.66. The lowest BCUT2D eigenvalue weighted by Gasteiger charge is -2.27. The van der Waals surface area contributed by atoms with Crippen LogP contribution in [0, 0.1) is 23.4 Å². The molecule has 0 spiro atoms. The van der Waals surface area contributed by atoms with Gasteiger partial charge in [0.15, 0.2) is 11.6 Å². The minimum Gasteiger partial charge on any atom is -0.481 e. The van der Waals surface area contributed by atoms with Crippen LogP contribution in [0.1, 0.15) is 52.2 Å². The third kappa shape index (κ3) is 8.60. The first kappa shape index (κ1) is 27.6. The second-order valence-electron chi connectivity index (χ2n) is 8.09. The molecule has 0 unspecified atom stereocenters. The number of rotatable bonds is 8. The van der Waals surface area contributed by atoms with Crippen LogP contribution in [0.5, 0.6) is 0 Å². The highest BCUT2D eigenvalue weighted by Crippen LogP contribution is 2.21. The summed E-state index contributed by atoms with van der Waals surface area (Å²) in [5, 5.41) is 15.8. The Kier molecular flexibility index (Phi) is 10.1. The number of halogens is 3. The molecule has 0 amide bonds. The van der Waals surface area contributed by atoms with E-state index in [2.05, 4.69) is 9.88 Å². The number of hydrogen-bond donors (Lipinski definition) is 2. The molecule has 1 aromatic heterocycles. The van der Waals surface area contributed by atoms with Crippen molar-refractivity contribution in [2.45, 2.75) is 32.1 Å². The molecule has 0 atom stereocenters. The molecule has 35 heavy (non-hydrogen) atoms. The summed E-state index contributed by atoms with van der Waals surface area (Å²) in [7, 11) is 2.00. The predicted molar refractivity (Wildman–Crippen MR) is 118 cm³/mol. The van der Waals surface area contributed by atoms with Crippen molar-refractivity contribution < 1.29 is 42.6 Å². The van der Waals surface area contributed by atoms with E-state index in [1.165, 1.54) is 6.07 Å². The zero-order chi connectivity index (χ0) is 26.1. The van der Waals surface area contributed by atoms with Crippen LogP contribution < -0.4 is 0 Å². The van der Waals surface area contributed by atoms with Gasteiger partial charge in [0, 0.05) is 23.7 Å². The van der Waals surface area contributed by atoms with Crippen LogP contribution in [-0.2, 0) is 16.0 Å². The SMILES string of the molecule is CN1CCC(C(=O)c2cccc(CC(=O)c3c(F)cc(F)cc3F)n2)CC1.O=C(O)CCC(=O)O. The van der Waals surface area contributed by atoms with Gasteiger partial charge in [-0.2, -0.15) is 0 Å². The van der Waals surface area contributed by atoms with Crippen molar-refractivity contribution in [3.05, 3.63) is 64.7 Å². The van der Waals surface area contributed by atoms with Crippen molar-refractivity contribution in [1.29, 1.82) is 0 Å². The lowest BCUT2D eigenvalue weighted by molar-refractivity contribution is -0.143. The molecule has 1 saturated heterocycles. The van der Waals surface area contributed by atoms with Crippen molar-refractivity contribution in [2.75, 3.05) is 20.1 Å². The van der Waals surface area contributed by atoms with Gasteiger partial charge in [0.2, 0.25) is 0 Å². The zero-order valence-electron chi connectivity index (χ0n) is 19.0. The molecule has 0 radical (unpaired) electrons. The summed E-state index contributed by atoms with van der Waals surface area (Å²) in [6, 6.07) is 5.61. The number of likely N-dealkylation sites (tertiary alicyclic amines) is 1. The Morgan fingerprint density at radius 2 is 1.51 bits per heavy atom. The molecular weight excluding hydrogens is 469 g/mol. The topological polar surface area (TPSA) is 125 Å². The molecule has 2 N–H and O–H groups in total. The highest BCUT2D eigenvalue weighted by atomic mass is 19.1. The van der Waals surface area contributed by atoms with Gasteiger partial charge in [-0.05, 0) is 45.1 Å². The maximum atomic E-state index is 13.8. The molecule has 0 bridgehead atoms. The molecule has 2 heterocycles. The highest BCUT2D eigenvalue weighted by Gasteiger charge is 2.26. The van der Waals surface area contributed by atoms with Crippen LogP contribution in [-0.4, -0.2) is 63.7 Å². The number of carbonyl (C=O) groups is 4. The van der Waals surface area contributed by atoms with E-state index >= 15 is 0 Å². The lowest BCUT2D eigenvalue weighted by Crippen LogP contribution is -2.33. The van der Waals surface area contributed by atoms with E-state index in [0.717, 1.165) is 25.9 Å². The van der Waals surface area contributed by atoms with E-state index in [1.54, 1.807) is 12.1 Å². The number of carbonyl (C=O) groups excluding carboxylic acids is 2. The number of aliphatic carboxylic acids is 2. The first-order valence-electron chi connectivity index (χ1n) is 10.8. The van der Waals surface area contributed by atoms with Crippen LogP contribution in [0.15, 0.2) is 30.3 Å². The largest absolute Gasteiger partial charge is 0.481 e. The fourth-order valence-electron chi connectivity index (χ4n) is 3.47. The van der Waals surface area contributed by atoms with Gasteiger partial charge in [-0.15, -0.1) is 0 Å². The number of carboxylic acids is 2. The summed E-state index contributed by atoms with van der Waals surface area (Å²) >= 11 is 0. The third-order valence-electron chi connectivity index (χ3n) is 5.33. The second-order valence-corrected chi connectivity index (χ2v) is 8.09. The van der Waals surface area contributed by atoms with E-state index < -0.39 is 40.7 Å². The van der Waals surface area contributed by atoms with Gasteiger partial charge in [0.05, 0.1) is 24.8 Å². The van der Waals surface area contributed by atoms with Crippen molar-refractivity contribution >= 4 is 23.5 Å². The quantitative estimate of drug-likeness (QED) is 0.535. The molecule has 1 aromatic carbocycles. The molecule has 8 nitrogen and oxygen atoms in total. The van der Waals surface area contributed by atoms with Crippen LogP contribution in [0.2, 0.25) is 0 Å². The fraction of sp³-hybridized carbons (Fsp3) is 0.375. The van der Waals surface area contributed by atoms with Gasteiger partial charge < -0.3 is 15.1 Å². The molecular formula is C24H25F3N2O6. The number of ketones is 2. The van der Waals surface area contributed by atoms with E-state index in [4.69, 9.17) is 10.2 Å². The molecule has 0 aliphatic carbocycles. The third-order valence-corrected chi connectivity index (χ3v) is 5.33. The Morgan fingerprint density at radius 1 is 0.971 bits per heavy atom. The Morgan fingerprint density at radius 3 is 2.03 bits per heavy atom. The zero-order valence-corrected chi connectivity index (χ0v) is 19.0. The lowest BCUT2D eigenvalue weighted by atomic mass is 9.91. The average Bonchev–Trinajstić information content (AvgIpc) is 2.77. The first-order valence-corrected chi connectivity index (χ1v) is 10.8. The number of benzene rings is 1. The van der Waals surface area contributed by atoms with E-state index in [-0.39, 0.29) is 42.4 Å². The highest BCUT2D eigenvalue weighted by molar-refractivity contribution is 5.98. The van der Waals surface area contributed by atoms with Gasteiger partial charge in [-0.3, -0.25) is 19.2 Å². The van der Waals surface area contributed by atoms with Gasteiger partial charge in [0.25, 0.3) is 0 Å². The van der Waals surface area contributed by atoms with Crippen LogP contribution in [0.3, 0.4) is 0 Å². The van der Waals surface area contributed by atoms with E-state index in [9.17, 15) is 32.3 Å². The average molecular weight is 494 g/mol. The first-order chi connectivity index (χ1) is 16.5. The molecule has 1 fully saturated rings. The van der Waals surface area contributed by atoms with E-state index in [0.29, 0.717) is 12.1 Å². The fourth-order valence-corrected chi connectivity index (χ4v) is 3.47. The van der Waals surface area contributed by atoms with Crippen LogP contribution in [0.4, 0.5) is 13.2 Å². The van der Waals surface area contributed by atoms with Crippen molar-refractivity contribution in [1.82, 2.24) is 9.88 Å². The number of pyridine rings is 1. The molecule has 0 saturated carbocycles. The Bertz CT molecular complexity index is 1060. The summed E-state index contributed by atoms with van der Waals surface area (Å²) in [6.07, 6.45) is 0.511. The molecule has 188 valence electrons.